The van der Waals surface area contributed by atoms with Gasteiger partial charge >= 0.3 is 0 Å². The van der Waals surface area contributed by atoms with E-state index in [1.807, 2.05) is 24.3 Å². The number of ether oxygens (including phenoxy) is 2. The van der Waals surface area contributed by atoms with E-state index in [2.05, 4.69) is 20.8 Å². The van der Waals surface area contributed by atoms with Gasteiger partial charge in [0, 0.05) is 17.0 Å². The van der Waals surface area contributed by atoms with Crippen LogP contribution in [0.5, 0.6) is 0 Å². The highest BCUT2D eigenvalue weighted by molar-refractivity contribution is 6.30. The summed E-state index contributed by atoms with van der Waals surface area (Å²) in [7, 11) is 0. The topological polar surface area (TPSA) is 18.5 Å². The van der Waals surface area contributed by atoms with E-state index < -0.39 is 0 Å². The fourth-order valence-corrected chi connectivity index (χ4v) is 2.21. The summed E-state index contributed by atoms with van der Waals surface area (Å²) in [6.45, 7) is 6.26. The largest absolute Gasteiger partial charge is 0.345 e. The molecule has 0 saturated carbocycles. The summed E-state index contributed by atoms with van der Waals surface area (Å²) in [6, 6.07) is 7.61. The predicted octanol–water partition coefficient (Wildman–Crippen LogP) is 3.94. The molecule has 16 heavy (non-hydrogen) atoms. The van der Waals surface area contributed by atoms with Gasteiger partial charge in [-0.2, -0.15) is 0 Å². The van der Waals surface area contributed by atoms with Crippen LogP contribution < -0.4 is 0 Å². The SMILES string of the molecule is C[C@@H]1CC(C)(C)O[C@H](c2ccc(Cl)cc2)O1. The molecular formula is C13H17ClO2. The van der Waals surface area contributed by atoms with E-state index in [4.69, 9.17) is 21.1 Å². The molecule has 1 heterocycles. The van der Waals surface area contributed by atoms with Crippen LogP contribution in [0.15, 0.2) is 24.3 Å². The van der Waals surface area contributed by atoms with Crippen LogP contribution in [-0.2, 0) is 9.47 Å². The molecule has 1 aliphatic heterocycles. The molecule has 0 aromatic heterocycles. The maximum absolute atomic E-state index is 5.90. The highest BCUT2D eigenvalue weighted by Crippen LogP contribution is 2.35. The zero-order valence-corrected chi connectivity index (χ0v) is 10.6. The van der Waals surface area contributed by atoms with Crippen LogP contribution in [-0.4, -0.2) is 11.7 Å². The number of hydrogen-bond donors (Lipinski definition) is 0. The first kappa shape index (κ1) is 11.9. The van der Waals surface area contributed by atoms with E-state index in [0.717, 1.165) is 17.0 Å². The molecular weight excluding hydrogens is 224 g/mol. The van der Waals surface area contributed by atoms with E-state index in [1.54, 1.807) is 0 Å². The minimum Gasteiger partial charge on any atom is -0.345 e. The van der Waals surface area contributed by atoms with Crippen LogP contribution in [0.2, 0.25) is 5.02 Å². The zero-order chi connectivity index (χ0) is 11.8. The Morgan fingerprint density at radius 1 is 1.25 bits per heavy atom. The van der Waals surface area contributed by atoms with Gasteiger partial charge in [-0.25, -0.2) is 0 Å². The first-order valence-electron chi connectivity index (χ1n) is 5.55. The van der Waals surface area contributed by atoms with E-state index in [-0.39, 0.29) is 18.0 Å². The standard InChI is InChI=1S/C13H17ClO2/c1-9-8-13(2,3)16-12(15-9)10-4-6-11(14)7-5-10/h4-7,9,12H,8H2,1-3H3/t9-,12-/m1/s1. The van der Waals surface area contributed by atoms with Crippen molar-refractivity contribution in [1.82, 2.24) is 0 Å². The average Bonchev–Trinajstić information content (AvgIpc) is 2.15. The molecule has 0 unspecified atom stereocenters. The highest BCUT2D eigenvalue weighted by Gasteiger charge is 2.34. The van der Waals surface area contributed by atoms with Gasteiger partial charge in [0.15, 0.2) is 6.29 Å². The molecule has 88 valence electrons. The van der Waals surface area contributed by atoms with Crippen molar-refractivity contribution in [3.05, 3.63) is 34.9 Å². The molecule has 1 fully saturated rings. The van der Waals surface area contributed by atoms with Gasteiger partial charge < -0.3 is 9.47 Å². The van der Waals surface area contributed by atoms with E-state index in [0.29, 0.717) is 0 Å². The van der Waals surface area contributed by atoms with E-state index in [1.165, 1.54) is 0 Å². The first-order chi connectivity index (χ1) is 7.46. The molecule has 2 atom stereocenters. The number of halogens is 1. The normalized spacial score (nSPS) is 29.0. The van der Waals surface area contributed by atoms with Crippen molar-refractivity contribution in [2.45, 2.75) is 45.2 Å². The molecule has 1 aromatic carbocycles. The summed E-state index contributed by atoms with van der Waals surface area (Å²) < 4.78 is 11.7. The van der Waals surface area contributed by atoms with Crippen molar-refractivity contribution in [3.8, 4) is 0 Å². The second kappa shape index (κ2) is 4.36. The van der Waals surface area contributed by atoms with Gasteiger partial charge in [0.2, 0.25) is 0 Å². The van der Waals surface area contributed by atoms with Gasteiger partial charge in [-0.05, 0) is 32.9 Å². The molecule has 2 rings (SSSR count). The Bertz CT molecular complexity index is 359. The average molecular weight is 241 g/mol. The quantitative estimate of drug-likeness (QED) is 0.740. The zero-order valence-electron chi connectivity index (χ0n) is 9.87. The molecule has 2 nitrogen and oxygen atoms in total. The van der Waals surface area contributed by atoms with Gasteiger partial charge in [-0.3, -0.25) is 0 Å². The molecule has 0 bridgehead atoms. The Kier molecular flexibility index (Phi) is 3.24. The lowest BCUT2D eigenvalue weighted by atomic mass is 9.99. The van der Waals surface area contributed by atoms with Crippen LogP contribution in [0, 0.1) is 0 Å². The highest BCUT2D eigenvalue weighted by atomic mass is 35.5. The maximum atomic E-state index is 5.90. The lowest BCUT2D eigenvalue weighted by molar-refractivity contribution is -0.273. The van der Waals surface area contributed by atoms with Crippen molar-refractivity contribution < 1.29 is 9.47 Å². The summed E-state index contributed by atoms with van der Waals surface area (Å²) in [4.78, 5) is 0. The summed E-state index contributed by atoms with van der Waals surface area (Å²) in [6.07, 6.45) is 0.845. The van der Waals surface area contributed by atoms with Crippen LogP contribution in [0.1, 0.15) is 39.0 Å². The minimum absolute atomic E-state index is 0.137. The summed E-state index contributed by atoms with van der Waals surface area (Å²) in [5.41, 5.74) is 0.881. The Hall–Kier alpha value is -0.570. The molecule has 1 saturated heterocycles. The van der Waals surface area contributed by atoms with Gasteiger partial charge in [0.05, 0.1) is 11.7 Å². The Morgan fingerprint density at radius 3 is 2.44 bits per heavy atom. The second-order valence-electron chi connectivity index (χ2n) is 4.91. The molecule has 0 spiro atoms. The van der Waals surface area contributed by atoms with Crippen molar-refractivity contribution in [2.75, 3.05) is 0 Å². The van der Waals surface area contributed by atoms with Crippen LogP contribution in [0.3, 0.4) is 0 Å². The Morgan fingerprint density at radius 2 is 1.88 bits per heavy atom. The summed E-state index contributed by atoms with van der Waals surface area (Å²) in [5.74, 6) is 0. The Balaban J connectivity index is 2.17. The molecule has 0 radical (unpaired) electrons. The van der Waals surface area contributed by atoms with Crippen molar-refractivity contribution in [2.24, 2.45) is 0 Å². The van der Waals surface area contributed by atoms with Gasteiger partial charge in [0.25, 0.3) is 0 Å². The van der Waals surface area contributed by atoms with Gasteiger partial charge in [-0.15, -0.1) is 0 Å². The fraction of sp³-hybridized carbons (Fsp3) is 0.538. The van der Waals surface area contributed by atoms with Crippen LogP contribution >= 0.6 is 11.6 Å². The third-order valence-corrected chi connectivity index (χ3v) is 2.96. The van der Waals surface area contributed by atoms with E-state index >= 15 is 0 Å². The van der Waals surface area contributed by atoms with E-state index in [9.17, 15) is 0 Å². The van der Waals surface area contributed by atoms with Gasteiger partial charge in [0.1, 0.15) is 0 Å². The Labute approximate surface area is 102 Å². The third-order valence-electron chi connectivity index (χ3n) is 2.70. The smallest absolute Gasteiger partial charge is 0.184 e. The van der Waals surface area contributed by atoms with Crippen molar-refractivity contribution >= 4 is 11.6 Å². The van der Waals surface area contributed by atoms with Gasteiger partial charge in [-0.1, -0.05) is 23.7 Å². The minimum atomic E-state index is -0.281. The third kappa shape index (κ3) is 2.76. The number of benzene rings is 1. The summed E-state index contributed by atoms with van der Waals surface area (Å²) in [5, 5.41) is 0.729. The number of hydrogen-bond acceptors (Lipinski definition) is 2. The lowest BCUT2D eigenvalue weighted by Gasteiger charge is -2.39. The molecule has 0 amide bonds. The summed E-state index contributed by atoms with van der Waals surface area (Å²) >= 11 is 5.85. The molecule has 3 heteroatoms. The molecule has 0 N–H and O–H groups in total. The fourth-order valence-electron chi connectivity index (χ4n) is 2.08. The first-order valence-corrected chi connectivity index (χ1v) is 5.93. The molecule has 1 aliphatic rings. The van der Waals surface area contributed by atoms with Crippen molar-refractivity contribution in [1.29, 1.82) is 0 Å². The second-order valence-corrected chi connectivity index (χ2v) is 5.35. The predicted molar refractivity (Wildman–Crippen MR) is 64.5 cm³/mol. The maximum Gasteiger partial charge on any atom is 0.184 e. The van der Waals surface area contributed by atoms with Crippen LogP contribution in [0.25, 0.3) is 0 Å². The molecule has 1 aromatic rings. The van der Waals surface area contributed by atoms with Crippen LogP contribution in [0.4, 0.5) is 0 Å². The lowest BCUT2D eigenvalue weighted by Crippen LogP contribution is -2.38. The molecule has 0 aliphatic carbocycles. The monoisotopic (exact) mass is 240 g/mol. The van der Waals surface area contributed by atoms with Crippen molar-refractivity contribution in [3.63, 3.8) is 0 Å². The number of rotatable bonds is 1.